The van der Waals surface area contributed by atoms with Crippen LogP contribution in [0.15, 0.2) is 0 Å². The quantitative estimate of drug-likeness (QED) is 0.698. The molecule has 0 aromatic carbocycles. The van der Waals surface area contributed by atoms with Gasteiger partial charge < -0.3 is 15.3 Å². The Bertz CT molecular complexity index is 231. The molecule has 0 spiro atoms. The fourth-order valence-corrected chi connectivity index (χ4v) is 3.49. The molecule has 0 amide bonds. The average molecular weight is 256 g/mol. The van der Waals surface area contributed by atoms with Gasteiger partial charge in [-0.2, -0.15) is 0 Å². The number of hydrogen-bond donors (Lipinski definition) is 2. The molecule has 1 saturated carbocycles. The first-order valence-electron chi connectivity index (χ1n) is 7.55. The highest BCUT2D eigenvalue weighted by atomic mass is 16.3. The lowest BCUT2D eigenvalue weighted by atomic mass is 9.85. The van der Waals surface area contributed by atoms with Gasteiger partial charge in [-0.25, -0.2) is 0 Å². The second-order valence-electron chi connectivity index (χ2n) is 6.43. The number of unbranched alkanes of at least 4 members (excludes halogenated alkanes) is 1. The third kappa shape index (κ3) is 4.22. The van der Waals surface area contributed by atoms with Crippen LogP contribution in [0.3, 0.4) is 0 Å². The topological polar surface area (TPSA) is 35.5 Å². The Morgan fingerprint density at radius 1 is 1.33 bits per heavy atom. The molecule has 0 aromatic heterocycles. The lowest BCUT2D eigenvalue weighted by Gasteiger charge is -2.33. The molecule has 1 aliphatic carbocycles. The minimum atomic E-state index is 0.282. The molecule has 2 atom stereocenters. The fraction of sp³-hybridized carbons (Fsp3) is 1.00. The number of nitrogens with one attached hydrogen (secondary N) is 1. The summed E-state index contributed by atoms with van der Waals surface area (Å²) in [5, 5.41) is 12.7. The number of aliphatic hydroxyl groups is 1. The van der Waals surface area contributed by atoms with E-state index >= 15 is 0 Å². The van der Waals surface area contributed by atoms with Crippen LogP contribution < -0.4 is 5.32 Å². The zero-order valence-electron chi connectivity index (χ0n) is 12.7. The van der Waals surface area contributed by atoms with E-state index in [0.29, 0.717) is 11.5 Å². The van der Waals surface area contributed by atoms with E-state index in [1.165, 1.54) is 25.7 Å². The van der Waals surface area contributed by atoms with E-state index in [2.05, 4.69) is 38.0 Å². The summed E-state index contributed by atoms with van der Waals surface area (Å²) in [4.78, 5) is 2.44. The number of aliphatic hydroxyl groups excluding tert-OH is 1. The van der Waals surface area contributed by atoms with Crippen LogP contribution in [-0.2, 0) is 0 Å². The van der Waals surface area contributed by atoms with Gasteiger partial charge in [-0.1, -0.05) is 27.2 Å². The van der Waals surface area contributed by atoms with Crippen molar-refractivity contribution in [2.45, 2.75) is 52.5 Å². The van der Waals surface area contributed by atoms with Crippen molar-refractivity contribution >= 4 is 0 Å². The smallest absolute Gasteiger partial charge is 0.0558 e. The fourth-order valence-electron chi connectivity index (χ4n) is 3.49. The van der Waals surface area contributed by atoms with E-state index in [0.717, 1.165) is 25.6 Å². The summed E-state index contributed by atoms with van der Waals surface area (Å²) in [5.41, 5.74) is 0.412. The van der Waals surface area contributed by atoms with Crippen LogP contribution >= 0.6 is 0 Å². The molecule has 0 saturated heterocycles. The molecule has 0 aromatic rings. The maximum Gasteiger partial charge on any atom is 0.0558 e. The minimum absolute atomic E-state index is 0.282. The molecule has 1 rings (SSSR count). The molecule has 2 N–H and O–H groups in total. The third-order valence-corrected chi connectivity index (χ3v) is 4.52. The van der Waals surface area contributed by atoms with Crippen molar-refractivity contribution < 1.29 is 5.11 Å². The van der Waals surface area contributed by atoms with Crippen molar-refractivity contribution in [1.82, 2.24) is 10.2 Å². The van der Waals surface area contributed by atoms with E-state index in [-0.39, 0.29) is 6.61 Å². The van der Waals surface area contributed by atoms with E-state index < -0.39 is 0 Å². The van der Waals surface area contributed by atoms with Gasteiger partial charge in [-0.3, -0.25) is 0 Å². The molecule has 3 heteroatoms. The predicted molar refractivity (Wildman–Crippen MR) is 77.8 cm³/mol. The molecule has 2 unspecified atom stereocenters. The summed E-state index contributed by atoms with van der Waals surface area (Å²) in [6, 6.07) is 0.611. The van der Waals surface area contributed by atoms with E-state index in [1.54, 1.807) is 0 Å². The summed E-state index contributed by atoms with van der Waals surface area (Å²) >= 11 is 0. The lowest BCUT2D eigenvalue weighted by Crippen LogP contribution is -2.44. The maximum atomic E-state index is 9.18. The van der Waals surface area contributed by atoms with Crippen LogP contribution in [0.25, 0.3) is 0 Å². The highest BCUT2D eigenvalue weighted by Crippen LogP contribution is 2.41. The zero-order valence-corrected chi connectivity index (χ0v) is 12.7. The van der Waals surface area contributed by atoms with Crippen LogP contribution in [0.2, 0.25) is 0 Å². The van der Waals surface area contributed by atoms with Gasteiger partial charge in [0.05, 0.1) is 6.61 Å². The highest BCUT2D eigenvalue weighted by molar-refractivity contribution is 4.96. The van der Waals surface area contributed by atoms with Crippen molar-refractivity contribution in [3.8, 4) is 0 Å². The Kier molecular flexibility index (Phi) is 6.61. The second kappa shape index (κ2) is 7.46. The first-order valence-corrected chi connectivity index (χ1v) is 7.55. The van der Waals surface area contributed by atoms with E-state index in [1.807, 2.05) is 0 Å². The van der Waals surface area contributed by atoms with Gasteiger partial charge in [-0.05, 0) is 44.2 Å². The van der Waals surface area contributed by atoms with Gasteiger partial charge in [-0.15, -0.1) is 0 Å². The molecular formula is C15H32N2O. The summed E-state index contributed by atoms with van der Waals surface area (Å²) in [5.74, 6) is 0.730. The Morgan fingerprint density at radius 3 is 2.61 bits per heavy atom. The number of rotatable bonds is 8. The Labute approximate surface area is 113 Å². The van der Waals surface area contributed by atoms with Gasteiger partial charge in [0.15, 0.2) is 0 Å². The number of nitrogens with zero attached hydrogens (tertiary/aromatic N) is 1. The van der Waals surface area contributed by atoms with Crippen LogP contribution in [0.1, 0.15) is 46.5 Å². The van der Waals surface area contributed by atoms with Crippen molar-refractivity contribution in [3.63, 3.8) is 0 Å². The van der Waals surface area contributed by atoms with Crippen molar-refractivity contribution in [1.29, 1.82) is 0 Å². The zero-order chi connectivity index (χ0) is 13.6. The third-order valence-electron chi connectivity index (χ3n) is 4.52. The molecule has 108 valence electrons. The molecular weight excluding hydrogens is 224 g/mol. The summed E-state index contributed by atoms with van der Waals surface area (Å²) < 4.78 is 0. The van der Waals surface area contributed by atoms with Gasteiger partial charge in [0, 0.05) is 19.1 Å². The van der Waals surface area contributed by atoms with E-state index in [4.69, 9.17) is 0 Å². The molecule has 1 aliphatic rings. The summed E-state index contributed by atoms with van der Waals surface area (Å²) in [6.45, 7) is 10.3. The predicted octanol–water partition coefficient (Wildman–Crippen LogP) is 2.10. The Hall–Kier alpha value is -0.120. The molecule has 3 nitrogen and oxygen atoms in total. The Balaban J connectivity index is 2.52. The minimum Gasteiger partial charge on any atom is -0.395 e. The molecule has 0 heterocycles. The molecule has 0 aliphatic heterocycles. The summed E-state index contributed by atoms with van der Waals surface area (Å²) in [7, 11) is 2.09. The van der Waals surface area contributed by atoms with Crippen LogP contribution in [0.4, 0.5) is 0 Å². The maximum absolute atomic E-state index is 9.18. The van der Waals surface area contributed by atoms with Crippen LogP contribution in [0.5, 0.6) is 0 Å². The highest BCUT2D eigenvalue weighted by Gasteiger charge is 2.41. The second-order valence-corrected chi connectivity index (χ2v) is 6.43. The SMILES string of the molecule is CCCCN(CCO)CC1CCC(C)(C)C1NC. The van der Waals surface area contributed by atoms with Gasteiger partial charge in [0.25, 0.3) is 0 Å². The van der Waals surface area contributed by atoms with Gasteiger partial charge in [0.2, 0.25) is 0 Å². The van der Waals surface area contributed by atoms with Crippen molar-refractivity contribution in [2.24, 2.45) is 11.3 Å². The standard InChI is InChI=1S/C15H32N2O/c1-5-6-9-17(10-11-18)12-13-7-8-15(2,3)14(13)16-4/h13-14,16,18H,5-12H2,1-4H3. The van der Waals surface area contributed by atoms with E-state index in [9.17, 15) is 5.11 Å². The van der Waals surface area contributed by atoms with Gasteiger partial charge in [0.1, 0.15) is 0 Å². The molecule has 0 bridgehead atoms. The molecule has 1 fully saturated rings. The largest absolute Gasteiger partial charge is 0.395 e. The molecule has 0 radical (unpaired) electrons. The molecule has 18 heavy (non-hydrogen) atoms. The average Bonchev–Trinajstić information content (AvgIpc) is 2.61. The van der Waals surface area contributed by atoms with Crippen molar-refractivity contribution in [3.05, 3.63) is 0 Å². The van der Waals surface area contributed by atoms with Crippen LogP contribution in [0, 0.1) is 11.3 Å². The monoisotopic (exact) mass is 256 g/mol. The number of hydrogen-bond acceptors (Lipinski definition) is 3. The van der Waals surface area contributed by atoms with Crippen molar-refractivity contribution in [2.75, 3.05) is 33.3 Å². The first kappa shape index (κ1) is 15.9. The summed E-state index contributed by atoms with van der Waals surface area (Å²) in [6.07, 6.45) is 5.09. The first-order chi connectivity index (χ1) is 8.55. The lowest BCUT2D eigenvalue weighted by molar-refractivity contribution is 0.155. The Morgan fingerprint density at radius 2 is 2.06 bits per heavy atom. The normalized spacial score (nSPS) is 27.0. The van der Waals surface area contributed by atoms with Crippen LogP contribution in [-0.4, -0.2) is 49.3 Å². The van der Waals surface area contributed by atoms with Gasteiger partial charge >= 0.3 is 0 Å².